The van der Waals surface area contributed by atoms with Gasteiger partial charge in [0.25, 0.3) is 0 Å². The lowest BCUT2D eigenvalue weighted by Crippen LogP contribution is -2.37. The van der Waals surface area contributed by atoms with Crippen molar-refractivity contribution in [3.8, 4) is 11.5 Å². The van der Waals surface area contributed by atoms with Crippen molar-refractivity contribution in [2.24, 2.45) is 0 Å². The zero-order valence-corrected chi connectivity index (χ0v) is 15.6. The summed E-state index contributed by atoms with van der Waals surface area (Å²) < 4.78 is 0. The predicted molar refractivity (Wildman–Crippen MR) is 112 cm³/mol. The summed E-state index contributed by atoms with van der Waals surface area (Å²) >= 11 is 0. The van der Waals surface area contributed by atoms with E-state index in [4.69, 9.17) is 0 Å². The molecule has 28 heavy (non-hydrogen) atoms. The Morgan fingerprint density at radius 3 is 1.96 bits per heavy atom. The van der Waals surface area contributed by atoms with Gasteiger partial charge >= 0.3 is 0 Å². The summed E-state index contributed by atoms with van der Waals surface area (Å²) in [6.07, 6.45) is 7.52. The molecule has 3 aromatic rings. The van der Waals surface area contributed by atoms with Crippen LogP contribution >= 0.6 is 0 Å². The number of allylic oxidation sites excluding steroid dienone is 4. The largest absolute Gasteiger partial charge is 0.508 e. The second-order valence-corrected chi connectivity index (χ2v) is 7.62. The van der Waals surface area contributed by atoms with Crippen LogP contribution in [0, 0.1) is 0 Å². The van der Waals surface area contributed by atoms with E-state index in [9.17, 15) is 10.2 Å². The van der Waals surface area contributed by atoms with E-state index in [1.807, 2.05) is 24.3 Å². The average Bonchev–Trinajstić information content (AvgIpc) is 2.73. The van der Waals surface area contributed by atoms with Crippen molar-refractivity contribution < 1.29 is 10.2 Å². The molecule has 3 aromatic carbocycles. The van der Waals surface area contributed by atoms with Crippen molar-refractivity contribution in [3.05, 3.63) is 118 Å². The monoisotopic (exact) mass is 366 g/mol. The van der Waals surface area contributed by atoms with Crippen LogP contribution in [0.1, 0.15) is 35.1 Å². The minimum absolute atomic E-state index is 0.270. The summed E-state index contributed by atoms with van der Waals surface area (Å²) in [5, 5.41) is 19.8. The zero-order valence-electron chi connectivity index (χ0n) is 15.6. The van der Waals surface area contributed by atoms with Crippen LogP contribution in [0.4, 0.5) is 0 Å². The molecular formula is C26H22O2. The predicted octanol–water partition coefficient (Wildman–Crippen LogP) is 5.63. The Morgan fingerprint density at radius 1 is 0.714 bits per heavy atom. The average molecular weight is 366 g/mol. The van der Waals surface area contributed by atoms with Crippen LogP contribution in [0.25, 0.3) is 0 Å². The third-order valence-electron chi connectivity index (χ3n) is 6.12. The first-order chi connectivity index (χ1) is 13.7. The van der Waals surface area contributed by atoms with Gasteiger partial charge in [0, 0.05) is 0 Å². The zero-order chi connectivity index (χ0) is 19.1. The molecule has 2 nitrogen and oxygen atoms in total. The SMILES string of the molecule is Oc1ccc(C2(c3ccc(O)cc3)C3=C(C=CCC3)Cc3ccccc32)cc1. The Bertz CT molecular complexity index is 1040. The maximum atomic E-state index is 9.92. The van der Waals surface area contributed by atoms with Crippen molar-refractivity contribution in [2.75, 3.05) is 0 Å². The molecule has 0 atom stereocenters. The Kier molecular flexibility index (Phi) is 3.87. The number of fused-ring (bicyclic) bond motifs is 1. The van der Waals surface area contributed by atoms with Crippen molar-refractivity contribution in [3.63, 3.8) is 0 Å². The number of hydrogen-bond donors (Lipinski definition) is 2. The van der Waals surface area contributed by atoms with Gasteiger partial charge in [-0.1, -0.05) is 60.7 Å². The fourth-order valence-electron chi connectivity index (χ4n) is 4.97. The van der Waals surface area contributed by atoms with Gasteiger partial charge in [-0.3, -0.25) is 0 Å². The second-order valence-electron chi connectivity index (χ2n) is 7.62. The first kappa shape index (κ1) is 16.9. The van der Waals surface area contributed by atoms with Crippen LogP contribution in [0.2, 0.25) is 0 Å². The molecule has 2 aliphatic carbocycles. The van der Waals surface area contributed by atoms with Crippen LogP contribution in [0.3, 0.4) is 0 Å². The Hall–Kier alpha value is -3.26. The molecule has 0 saturated carbocycles. The van der Waals surface area contributed by atoms with E-state index in [-0.39, 0.29) is 11.5 Å². The third-order valence-corrected chi connectivity index (χ3v) is 6.12. The molecule has 0 bridgehead atoms. The van der Waals surface area contributed by atoms with E-state index >= 15 is 0 Å². The van der Waals surface area contributed by atoms with Gasteiger partial charge in [-0.2, -0.15) is 0 Å². The Balaban J connectivity index is 1.91. The van der Waals surface area contributed by atoms with Gasteiger partial charge in [-0.15, -0.1) is 0 Å². The minimum Gasteiger partial charge on any atom is -0.508 e. The van der Waals surface area contributed by atoms with Crippen LogP contribution in [-0.4, -0.2) is 10.2 Å². The van der Waals surface area contributed by atoms with Gasteiger partial charge in [-0.25, -0.2) is 0 Å². The van der Waals surface area contributed by atoms with Gasteiger partial charge in [0.15, 0.2) is 0 Å². The van der Waals surface area contributed by atoms with Crippen LogP contribution in [0.15, 0.2) is 96.1 Å². The molecule has 0 unspecified atom stereocenters. The van der Waals surface area contributed by atoms with Crippen LogP contribution in [-0.2, 0) is 11.8 Å². The Morgan fingerprint density at radius 2 is 1.32 bits per heavy atom. The standard InChI is InChI=1S/C26H22O2/c27-22-13-9-20(10-14-22)26(21-11-15-23(28)16-12-21)24-7-3-1-5-18(24)17-19-6-2-4-8-25(19)26/h1-3,5-7,9-16,27-28H,4,8,17H2. The lowest BCUT2D eigenvalue weighted by Gasteiger charge is -2.44. The number of hydrogen-bond acceptors (Lipinski definition) is 2. The van der Waals surface area contributed by atoms with Crippen LogP contribution < -0.4 is 0 Å². The van der Waals surface area contributed by atoms with E-state index in [1.165, 1.54) is 22.3 Å². The van der Waals surface area contributed by atoms with Crippen molar-refractivity contribution in [1.82, 2.24) is 0 Å². The molecular weight excluding hydrogens is 344 g/mol. The van der Waals surface area contributed by atoms with Crippen molar-refractivity contribution in [1.29, 1.82) is 0 Å². The van der Waals surface area contributed by atoms with Gasteiger partial charge < -0.3 is 10.2 Å². The summed E-state index contributed by atoms with van der Waals surface area (Å²) in [5.74, 6) is 0.540. The maximum Gasteiger partial charge on any atom is 0.115 e. The lowest BCUT2D eigenvalue weighted by molar-refractivity contribution is 0.474. The quantitative estimate of drug-likeness (QED) is 0.617. The number of aromatic hydroxyl groups is 2. The van der Waals surface area contributed by atoms with Crippen LogP contribution in [0.5, 0.6) is 11.5 Å². The Labute approximate surface area is 165 Å². The molecule has 0 heterocycles. The highest BCUT2D eigenvalue weighted by atomic mass is 16.3. The first-order valence-electron chi connectivity index (χ1n) is 9.76. The van der Waals surface area contributed by atoms with Crippen molar-refractivity contribution in [2.45, 2.75) is 24.7 Å². The summed E-state index contributed by atoms with van der Waals surface area (Å²) in [6.45, 7) is 0. The third kappa shape index (κ3) is 2.41. The lowest BCUT2D eigenvalue weighted by atomic mass is 9.58. The number of phenolic OH excluding ortho intramolecular Hbond substituents is 2. The molecule has 0 aliphatic heterocycles. The van der Waals surface area contributed by atoms with E-state index in [0.29, 0.717) is 0 Å². The fraction of sp³-hybridized carbons (Fsp3) is 0.154. The topological polar surface area (TPSA) is 40.5 Å². The van der Waals surface area contributed by atoms with E-state index in [1.54, 1.807) is 24.3 Å². The summed E-state index contributed by atoms with van der Waals surface area (Å²) in [4.78, 5) is 0. The normalized spacial score (nSPS) is 17.1. The smallest absolute Gasteiger partial charge is 0.115 e. The van der Waals surface area contributed by atoms with Gasteiger partial charge in [0.05, 0.1) is 5.41 Å². The molecule has 138 valence electrons. The molecule has 0 spiro atoms. The molecule has 2 N–H and O–H groups in total. The summed E-state index contributed by atoms with van der Waals surface area (Å²) in [7, 11) is 0. The fourth-order valence-corrected chi connectivity index (χ4v) is 4.97. The number of rotatable bonds is 2. The molecule has 0 amide bonds. The molecule has 0 aromatic heterocycles. The second kappa shape index (κ2) is 6.42. The van der Waals surface area contributed by atoms with Gasteiger partial charge in [0.1, 0.15) is 11.5 Å². The van der Waals surface area contributed by atoms with E-state index in [2.05, 4.69) is 36.4 Å². The number of benzene rings is 3. The number of phenols is 2. The molecule has 0 fully saturated rings. The van der Waals surface area contributed by atoms with E-state index in [0.717, 1.165) is 30.4 Å². The molecule has 2 heteroatoms. The van der Waals surface area contributed by atoms with Gasteiger partial charge in [-0.05, 0) is 76.9 Å². The molecule has 0 saturated heterocycles. The summed E-state index contributed by atoms with van der Waals surface area (Å²) in [5.41, 5.74) is 7.29. The highest BCUT2D eigenvalue weighted by Gasteiger charge is 2.44. The minimum atomic E-state index is -0.420. The first-order valence-corrected chi connectivity index (χ1v) is 9.76. The van der Waals surface area contributed by atoms with Crippen molar-refractivity contribution >= 4 is 0 Å². The molecule has 2 aliphatic rings. The summed E-state index contributed by atoms with van der Waals surface area (Å²) in [6, 6.07) is 23.9. The maximum absolute atomic E-state index is 9.92. The molecule has 0 radical (unpaired) electrons. The van der Waals surface area contributed by atoms with E-state index < -0.39 is 5.41 Å². The van der Waals surface area contributed by atoms with Gasteiger partial charge in [0.2, 0.25) is 0 Å². The highest BCUT2D eigenvalue weighted by Crippen LogP contribution is 2.53. The molecule has 5 rings (SSSR count). The highest BCUT2D eigenvalue weighted by molar-refractivity contribution is 5.66.